The summed E-state index contributed by atoms with van der Waals surface area (Å²) >= 11 is 1.60. The fourth-order valence-corrected chi connectivity index (χ4v) is 4.08. The summed E-state index contributed by atoms with van der Waals surface area (Å²) in [6, 6.07) is 0.470. The molecule has 0 radical (unpaired) electrons. The lowest BCUT2D eigenvalue weighted by molar-refractivity contribution is 0.0698. The Labute approximate surface area is 118 Å². The number of carboxylic acids is 1. The van der Waals surface area contributed by atoms with E-state index < -0.39 is 5.97 Å². The van der Waals surface area contributed by atoms with E-state index in [2.05, 4.69) is 11.8 Å². The van der Waals surface area contributed by atoms with Crippen LogP contribution in [0.3, 0.4) is 0 Å². The highest BCUT2D eigenvalue weighted by Crippen LogP contribution is 2.32. The number of nitrogens with zero attached hydrogens (tertiary/aromatic N) is 1. The topological polar surface area (TPSA) is 49.8 Å². The van der Waals surface area contributed by atoms with Crippen molar-refractivity contribution in [3.8, 4) is 0 Å². The highest BCUT2D eigenvalue weighted by molar-refractivity contribution is 7.24. The van der Waals surface area contributed by atoms with Crippen molar-refractivity contribution in [3.63, 3.8) is 0 Å². The first kappa shape index (κ1) is 14.4. The maximum atomic E-state index is 11.3. The molecule has 0 bridgehead atoms. The highest BCUT2D eigenvalue weighted by atomic mass is 32.1. The molecule has 19 heavy (non-hydrogen) atoms. The van der Waals surface area contributed by atoms with Crippen LogP contribution in [0.1, 0.15) is 35.7 Å². The highest BCUT2D eigenvalue weighted by Gasteiger charge is 2.26. The van der Waals surface area contributed by atoms with Crippen molar-refractivity contribution >= 4 is 34.9 Å². The third-order valence-corrected chi connectivity index (χ3v) is 4.99. The van der Waals surface area contributed by atoms with E-state index in [-0.39, 0.29) is 0 Å². The molecule has 6 heteroatoms. The van der Waals surface area contributed by atoms with Gasteiger partial charge in [-0.3, -0.25) is 0 Å². The molecule has 0 aromatic carbocycles. The quantitative estimate of drug-likeness (QED) is 0.837. The minimum atomic E-state index is -0.819. The lowest BCUT2D eigenvalue weighted by atomic mass is 9.99. The van der Waals surface area contributed by atoms with Gasteiger partial charge in [0.2, 0.25) is 0 Å². The van der Waals surface area contributed by atoms with Crippen molar-refractivity contribution in [2.75, 3.05) is 24.7 Å². The lowest BCUT2D eigenvalue weighted by Gasteiger charge is -2.34. The predicted octanol–water partition coefficient (Wildman–Crippen LogP) is 1.02. The standard InChI is InChI=1S/C13H20BNO3S/c1-3-15(9-4-6-18-7-5-9)12-8(2)10(13(16)17)11(14)19-12/h9H,3-7,14H2,1-2H3,(H,16,17). The molecular weight excluding hydrogens is 261 g/mol. The smallest absolute Gasteiger partial charge is 0.336 e. The number of thiophene rings is 1. The fourth-order valence-electron chi connectivity index (χ4n) is 2.79. The van der Waals surface area contributed by atoms with Gasteiger partial charge in [-0.1, -0.05) is 0 Å². The monoisotopic (exact) mass is 281 g/mol. The summed E-state index contributed by atoms with van der Waals surface area (Å²) in [4.78, 5) is 13.7. The van der Waals surface area contributed by atoms with Gasteiger partial charge in [-0.2, -0.15) is 0 Å². The van der Waals surface area contributed by atoms with Crippen LogP contribution in [-0.2, 0) is 4.74 Å². The molecule has 1 fully saturated rings. The van der Waals surface area contributed by atoms with Gasteiger partial charge in [0.15, 0.2) is 7.85 Å². The maximum absolute atomic E-state index is 11.3. The SMILES string of the molecule is Bc1sc(N(CC)C2CCOCC2)c(C)c1C(=O)O. The second kappa shape index (κ2) is 5.97. The van der Waals surface area contributed by atoms with Gasteiger partial charge in [-0.25, -0.2) is 4.79 Å². The van der Waals surface area contributed by atoms with Crippen LogP contribution in [0.5, 0.6) is 0 Å². The summed E-state index contributed by atoms with van der Waals surface area (Å²) < 4.78 is 6.30. The molecule has 1 aliphatic heterocycles. The van der Waals surface area contributed by atoms with E-state index in [0.29, 0.717) is 11.6 Å². The summed E-state index contributed by atoms with van der Waals surface area (Å²) in [6.45, 7) is 6.56. The zero-order valence-electron chi connectivity index (χ0n) is 11.7. The van der Waals surface area contributed by atoms with Crippen LogP contribution in [0.2, 0.25) is 0 Å². The summed E-state index contributed by atoms with van der Waals surface area (Å²) in [7, 11) is 1.89. The van der Waals surface area contributed by atoms with Crippen molar-refractivity contribution in [1.29, 1.82) is 0 Å². The third-order valence-electron chi connectivity index (χ3n) is 3.74. The Balaban J connectivity index is 2.32. The molecule has 1 saturated heterocycles. The number of carboxylic acid groups (broad SMARTS) is 1. The van der Waals surface area contributed by atoms with Crippen LogP contribution in [0, 0.1) is 6.92 Å². The molecule has 2 heterocycles. The number of hydrogen-bond donors (Lipinski definition) is 1. The second-order valence-electron chi connectivity index (χ2n) is 4.90. The Hall–Kier alpha value is -1.01. The summed E-state index contributed by atoms with van der Waals surface area (Å²) in [6.07, 6.45) is 2.04. The molecule has 1 aromatic rings. The van der Waals surface area contributed by atoms with Crippen LogP contribution in [-0.4, -0.2) is 44.7 Å². The van der Waals surface area contributed by atoms with Crippen molar-refractivity contribution in [2.45, 2.75) is 32.7 Å². The largest absolute Gasteiger partial charge is 0.478 e. The van der Waals surface area contributed by atoms with Crippen LogP contribution < -0.4 is 9.68 Å². The molecule has 4 nitrogen and oxygen atoms in total. The Kier molecular flexibility index (Phi) is 4.52. The molecule has 104 valence electrons. The Bertz CT molecular complexity index is 469. The molecule has 0 aliphatic carbocycles. The number of carbonyl (C=O) groups is 1. The summed E-state index contributed by atoms with van der Waals surface area (Å²) in [5.74, 6) is -0.819. The van der Waals surface area contributed by atoms with E-state index in [9.17, 15) is 9.90 Å². The van der Waals surface area contributed by atoms with E-state index >= 15 is 0 Å². The Morgan fingerprint density at radius 3 is 2.63 bits per heavy atom. The van der Waals surface area contributed by atoms with Crippen LogP contribution in [0.4, 0.5) is 5.00 Å². The minimum absolute atomic E-state index is 0.470. The van der Waals surface area contributed by atoms with E-state index in [0.717, 1.165) is 47.9 Å². The predicted molar refractivity (Wildman–Crippen MR) is 81.1 cm³/mol. The molecule has 0 saturated carbocycles. The molecular formula is C13H20BNO3S. The zero-order chi connectivity index (χ0) is 14.0. The van der Waals surface area contributed by atoms with Crippen molar-refractivity contribution in [3.05, 3.63) is 11.1 Å². The third kappa shape index (κ3) is 2.79. The first-order valence-electron chi connectivity index (χ1n) is 6.73. The van der Waals surface area contributed by atoms with Crippen LogP contribution in [0.15, 0.2) is 0 Å². The molecule has 1 aliphatic rings. The van der Waals surface area contributed by atoms with Gasteiger partial charge in [0, 0.05) is 25.8 Å². The van der Waals surface area contributed by atoms with Gasteiger partial charge in [0.05, 0.1) is 10.6 Å². The molecule has 1 aromatic heterocycles. The number of hydrogen-bond acceptors (Lipinski definition) is 4. The van der Waals surface area contributed by atoms with Gasteiger partial charge in [-0.15, -0.1) is 11.3 Å². The first-order valence-corrected chi connectivity index (χ1v) is 7.55. The number of anilines is 1. The Morgan fingerprint density at radius 1 is 1.53 bits per heavy atom. The average molecular weight is 281 g/mol. The molecule has 0 spiro atoms. The molecule has 0 unspecified atom stereocenters. The summed E-state index contributed by atoms with van der Waals surface area (Å²) in [5.41, 5.74) is 1.38. The van der Waals surface area contributed by atoms with E-state index in [1.807, 2.05) is 14.8 Å². The van der Waals surface area contributed by atoms with E-state index in [1.165, 1.54) is 0 Å². The molecule has 2 rings (SSSR count). The average Bonchev–Trinajstić information content (AvgIpc) is 2.67. The van der Waals surface area contributed by atoms with Crippen LogP contribution in [0.25, 0.3) is 0 Å². The number of aromatic carboxylic acids is 1. The summed E-state index contributed by atoms with van der Waals surface area (Å²) in [5, 5.41) is 10.4. The number of rotatable bonds is 4. The maximum Gasteiger partial charge on any atom is 0.336 e. The van der Waals surface area contributed by atoms with Crippen molar-refractivity contribution in [2.24, 2.45) is 0 Å². The first-order chi connectivity index (χ1) is 9.06. The van der Waals surface area contributed by atoms with Crippen LogP contribution >= 0.6 is 11.3 Å². The lowest BCUT2D eigenvalue weighted by Crippen LogP contribution is -2.39. The molecule has 1 N–H and O–H groups in total. The second-order valence-corrected chi connectivity index (χ2v) is 6.10. The van der Waals surface area contributed by atoms with Gasteiger partial charge < -0.3 is 14.7 Å². The zero-order valence-corrected chi connectivity index (χ0v) is 12.5. The minimum Gasteiger partial charge on any atom is -0.478 e. The number of ether oxygens (including phenoxy) is 1. The van der Waals surface area contributed by atoms with E-state index in [4.69, 9.17) is 4.74 Å². The van der Waals surface area contributed by atoms with Gasteiger partial charge >= 0.3 is 5.97 Å². The molecule has 0 amide bonds. The van der Waals surface area contributed by atoms with Gasteiger partial charge in [-0.05, 0) is 37.0 Å². The van der Waals surface area contributed by atoms with Gasteiger partial charge in [0.25, 0.3) is 0 Å². The van der Waals surface area contributed by atoms with Crippen molar-refractivity contribution < 1.29 is 14.6 Å². The molecule has 0 atom stereocenters. The van der Waals surface area contributed by atoms with Crippen molar-refractivity contribution in [1.82, 2.24) is 0 Å². The van der Waals surface area contributed by atoms with E-state index in [1.54, 1.807) is 11.3 Å². The van der Waals surface area contributed by atoms with Gasteiger partial charge in [0.1, 0.15) is 0 Å². The normalized spacial score (nSPS) is 16.5. The Morgan fingerprint density at radius 2 is 2.16 bits per heavy atom. The fraction of sp³-hybridized carbons (Fsp3) is 0.615.